The summed E-state index contributed by atoms with van der Waals surface area (Å²) in [7, 11) is 1.60. The van der Waals surface area contributed by atoms with Crippen LogP contribution < -0.4 is 9.47 Å². The minimum Gasteiger partial charge on any atom is -0.497 e. The van der Waals surface area contributed by atoms with Crippen molar-refractivity contribution in [1.29, 1.82) is 0 Å². The first-order chi connectivity index (χ1) is 9.60. The summed E-state index contributed by atoms with van der Waals surface area (Å²) in [5.74, 6) is 1.38. The summed E-state index contributed by atoms with van der Waals surface area (Å²) in [6, 6.07) is 14.7. The number of ether oxygens (including phenoxy) is 2. The van der Waals surface area contributed by atoms with Crippen LogP contribution in [0.4, 0.5) is 0 Å². The summed E-state index contributed by atoms with van der Waals surface area (Å²) in [5, 5.41) is 0. The highest BCUT2D eigenvalue weighted by molar-refractivity contribution is 14.1. The molecule has 20 heavy (non-hydrogen) atoms. The number of hydrogen-bond acceptors (Lipinski definition) is 3. The molecule has 0 amide bonds. The third-order valence-corrected chi connectivity index (χ3v) is 3.52. The van der Waals surface area contributed by atoms with Gasteiger partial charge in [0.05, 0.1) is 7.11 Å². The number of benzene rings is 2. The second-order valence-electron chi connectivity index (χ2n) is 4.31. The van der Waals surface area contributed by atoms with E-state index in [0.29, 0.717) is 11.3 Å². The molecule has 0 N–H and O–H groups in total. The van der Waals surface area contributed by atoms with Gasteiger partial charge in [0.2, 0.25) is 5.78 Å². The first-order valence-corrected chi connectivity index (χ1v) is 7.28. The van der Waals surface area contributed by atoms with E-state index in [9.17, 15) is 4.79 Å². The average Bonchev–Trinajstić information content (AvgIpc) is 2.46. The lowest BCUT2D eigenvalue weighted by Crippen LogP contribution is -2.23. The first-order valence-electron chi connectivity index (χ1n) is 6.20. The second kappa shape index (κ2) is 6.74. The van der Waals surface area contributed by atoms with Crippen molar-refractivity contribution >= 4 is 28.4 Å². The maximum atomic E-state index is 12.3. The highest BCUT2D eigenvalue weighted by Crippen LogP contribution is 2.18. The van der Waals surface area contributed by atoms with Crippen LogP contribution in [0.2, 0.25) is 0 Å². The normalized spacial score (nSPS) is 11.8. The number of methoxy groups -OCH3 is 1. The molecule has 4 heteroatoms. The molecule has 0 aliphatic carbocycles. The van der Waals surface area contributed by atoms with Gasteiger partial charge in [-0.1, -0.05) is 6.07 Å². The molecule has 3 nitrogen and oxygen atoms in total. The number of carbonyl (C=O) groups excluding carboxylic acids is 1. The molecular weight excluding hydrogens is 367 g/mol. The summed E-state index contributed by atoms with van der Waals surface area (Å²) in [5.41, 5.74) is 0.615. The van der Waals surface area contributed by atoms with Crippen LogP contribution >= 0.6 is 22.6 Å². The van der Waals surface area contributed by atoms with Gasteiger partial charge < -0.3 is 9.47 Å². The second-order valence-corrected chi connectivity index (χ2v) is 5.56. The molecule has 0 heterocycles. The van der Waals surface area contributed by atoms with E-state index in [0.717, 1.165) is 9.32 Å². The van der Waals surface area contributed by atoms with Gasteiger partial charge >= 0.3 is 0 Å². The van der Waals surface area contributed by atoms with E-state index in [1.807, 2.05) is 24.3 Å². The Hall–Kier alpha value is -1.56. The fraction of sp³-hybridized carbons (Fsp3) is 0.188. The largest absolute Gasteiger partial charge is 0.497 e. The Labute approximate surface area is 132 Å². The van der Waals surface area contributed by atoms with Gasteiger partial charge in [-0.05, 0) is 72.0 Å². The lowest BCUT2D eigenvalue weighted by atomic mass is 10.1. The third kappa shape index (κ3) is 3.72. The number of Topliss-reactive ketones (excluding diaryl/α,β-unsaturated/α-hetero) is 1. The van der Waals surface area contributed by atoms with Crippen molar-refractivity contribution in [1.82, 2.24) is 0 Å². The van der Waals surface area contributed by atoms with Gasteiger partial charge in [0, 0.05) is 9.13 Å². The van der Waals surface area contributed by atoms with Gasteiger partial charge in [-0.25, -0.2) is 0 Å². The zero-order valence-corrected chi connectivity index (χ0v) is 13.5. The fourth-order valence-corrected chi connectivity index (χ4v) is 2.30. The van der Waals surface area contributed by atoms with Crippen LogP contribution in [0, 0.1) is 3.57 Å². The predicted octanol–water partition coefficient (Wildman–Crippen LogP) is 3.95. The highest BCUT2D eigenvalue weighted by atomic mass is 127. The Bertz CT molecular complexity index is 593. The molecule has 0 saturated carbocycles. The molecule has 2 aromatic carbocycles. The van der Waals surface area contributed by atoms with Crippen LogP contribution in [-0.2, 0) is 0 Å². The molecule has 0 aromatic heterocycles. The molecule has 0 aliphatic rings. The molecule has 2 aromatic rings. The molecule has 2 rings (SSSR count). The van der Waals surface area contributed by atoms with Crippen LogP contribution in [0.15, 0.2) is 48.5 Å². The van der Waals surface area contributed by atoms with Crippen molar-refractivity contribution in [2.24, 2.45) is 0 Å². The summed E-state index contributed by atoms with van der Waals surface area (Å²) in [4.78, 5) is 12.3. The summed E-state index contributed by atoms with van der Waals surface area (Å²) in [6.45, 7) is 1.76. The minimum absolute atomic E-state index is 0.0495. The van der Waals surface area contributed by atoms with Crippen molar-refractivity contribution < 1.29 is 14.3 Å². The molecule has 0 saturated heterocycles. The van der Waals surface area contributed by atoms with Crippen LogP contribution in [0.3, 0.4) is 0 Å². The molecule has 0 radical (unpaired) electrons. The van der Waals surface area contributed by atoms with Gasteiger partial charge in [0.25, 0.3) is 0 Å². The highest BCUT2D eigenvalue weighted by Gasteiger charge is 2.17. The zero-order chi connectivity index (χ0) is 14.5. The summed E-state index contributed by atoms with van der Waals surface area (Å²) in [6.07, 6.45) is -0.526. The van der Waals surface area contributed by atoms with E-state index < -0.39 is 6.10 Å². The van der Waals surface area contributed by atoms with Crippen molar-refractivity contribution in [3.63, 3.8) is 0 Å². The molecule has 0 aliphatic heterocycles. The van der Waals surface area contributed by atoms with E-state index in [1.54, 1.807) is 38.3 Å². The van der Waals surface area contributed by atoms with Crippen LogP contribution in [0.25, 0.3) is 0 Å². The van der Waals surface area contributed by atoms with E-state index in [4.69, 9.17) is 9.47 Å². The van der Waals surface area contributed by atoms with Gasteiger partial charge in [0.1, 0.15) is 11.5 Å². The van der Waals surface area contributed by atoms with Crippen LogP contribution in [-0.4, -0.2) is 19.0 Å². The maximum absolute atomic E-state index is 12.3. The summed E-state index contributed by atoms with van der Waals surface area (Å²) < 4.78 is 11.8. The number of rotatable bonds is 5. The molecule has 1 unspecified atom stereocenters. The Balaban J connectivity index is 2.07. The van der Waals surface area contributed by atoms with Gasteiger partial charge in [-0.3, -0.25) is 4.79 Å². The van der Waals surface area contributed by atoms with Gasteiger partial charge in [-0.2, -0.15) is 0 Å². The lowest BCUT2D eigenvalue weighted by molar-refractivity contribution is 0.0818. The average molecular weight is 382 g/mol. The molecule has 104 valence electrons. The first kappa shape index (κ1) is 14.8. The molecule has 0 spiro atoms. The number of carbonyl (C=O) groups is 1. The maximum Gasteiger partial charge on any atom is 0.202 e. The van der Waals surface area contributed by atoms with Crippen molar-refractivity contribution in [3.05, 3.63) is 57.7 Å². The SMILES string of the molecule is COc1ccc(C(=O)C(C)Oc2cccc(I)c2)cc1. The fourth-order valence-electron chi connectivity index (χ4n) is 1.79. The Kier molecular flexibility index (Phi) is 5.00. The lowest BCUT2D eigenvalue weighted by Gasteiger charge is -2.14. The molecular formula is C16H15IO3. The topological polar surface area (TPSA) is 35.5 Å². The standard InChI is InChI=1S/C16H15IO3/c1-11(20-15-5-3-4-13(17)10-15)16(18)12-6-8-14(19-2)9-7-12/h3-11H,1-2H3. The number of ketones is 1. The van der Waals surface area contributed by atoms with E-state index in [1.165, 1.54) is 0 Å². The Morgan fingerprint density at radius 1 is 1.10 bits per heavy atom. The Morgan fingerprint density at radius 2 is 1.80 bits per heavy atom. The predicted molar refractivity (Wildman–Crippen MR) is 86.6 cm³/mol. The van der Waals surface area contributed by atoms with E-state index in [2.05, 4.69) is 22.6 Å². The van der Waals surface area contributed by atoms with E-state index >= 15 is 0 Å². The summed E-state index contributed by atoms with van der Waals surface area (Å²) >= 11 is 2.21. The van der Waals surface area contributed by atoms with Crippen molar-refractivity contribution in [2.45, 2.75) is 13.0 Å². The minimum atomic E-state index is -0.526. The van der Waals surface area contributed by atoms with Gasteiger partial charge in [0.15, 0.2) is 6.10 Å². The van der Waals surface area contributed by atoms with Crippen LogP contribution in [0.1, 0.15) is 17.3 Å². The van der Waals surface area contributed by atoms with E-state index in [-0.39, 0.29) is 5.78 Å². The molecule has 0 fully saturated rings. The number of hydrogen-bond donors (Lipinski definition) is 0. The van der Waals surface area contributed by atoms with Crippen LogP contribution in [0.5, 0.6) is 11.5 Å². The Morgan fingerprint density at radius 3 is 2.40 bits per heavy atom. The molecule has 0 bridgehead atoms. The molecule has 1 atom stereocenters. The zero-order valence-electron chi connectivity index (χ0n) is 11.3. The quantitative estimate of drug-likeness (QED) is 0.580. The van der Waals surface area contributed by atoms with Crippen molar-refractivity contribution in [3.8, 4) is 11.5 Å². The smallest absolute Gasteiger partial charge is 0.202 e. The monoisotopic (exact) mass is 382 g/mol. The third-order valence-electron chi connectivity index (χ3n) is 2.85. The number of halogens is 1. The van der Waals surface area contributed by atoms with Gasteiger partial charge in [-0.15, -0.1) is 0 Å². The van der Waals surface area contributed by atoms with Crippen molar-refractivity contribution in [2.75, 3.05) is 7.11 Å².